The highest BCUT2D eigenvalue weighted by atomic mass is 127. The second kappa shape index (κ2) is 11.5. The molecule has 170 valence electrons. The molecule has 4 aromatic rings. The van der Waals surface area contributed by atoms with Crippen molar-refractivity contribution in [1.29, 1.82) is 0 Å². The fourth-order valence-corrected chi connectivity index (χ4v) is 5.36. The Hall–Kier alpha value is -2.92. The number of aromatic carboxylic acids is 1. The van der Waals surface area contributed by atoms with Gasteiger partial charge in [-0.1, -0.05) is 48.5 Å². The van der Waals surface area contributed by atoms with E-state index in [2.05, 4.69) is 45.2 Å². The lowest BCUT2D eigenvalue weighted by Crippen LogP contribution is -2.09. The first-order valence-electron chi connectivity index (χ1n) is 10.4. The van der Waals surface area contributed by atoms with Crippen LogP contribution in [0.5, 0.6) is 5.75 Å². The molecule has 0 aromatic heterocycles. The van der Waals surface area contributed by atoms with E-state index in [9.17, 15) is 4.79 Å². The Morgan fingerprint density at radius 2 is 1.38 bits per heavy atom. The summed E-state index contributed by atoms with van der Waals surface area (Å²) >= 11 is 4.53. The SMILES string of the molecule is O=C(O)c1ccc(COc2c(I)cc(/C=N\N(c3ccccc3)c3ccccc3)cc2I)cc1. The molecular formula is C27H20I2N2O3. The molecular weight excluding hydrogens is 654 g/mol. The molecule has 0 radical (unpaired) electrons. The summed E-state index contributed by atoms with van der Waals surface area (Å²) in [7, 11) is 0. The zero-order valence-corrected chi connectivity index (χ0v) is 22.3. The van der Waals surface area contributed by atoms with Gasteiger partial charge in [-0.05, 0) is 105 Å². The molecule has 0 aliphatic carbocycles. The molecule has 7 heteroatoms. The van der Waals surface area contributed by atoms with Crippen LogP contribution in [0, 0.1) is 7.14 Å². The van der Waals surface area contributed by atoms with Gasteiger partial charge in [-0.15, -0.1) is 0 Å². The standard InChI is InChI=1S/C27H20I2N2O3/c28-24-15-20(16-25(29)26(24)34-18-19-11-13-21(14-12-19)27(32)33)17-30-31(22-7-3-1-4-8-22)23-9-5-2-6-10-23/h1-17H,18H2,(H,32,33)/b30-17-. The summed E-state index contributed by atoms with van der Waals surface area (Å²) in [5.41, 5.74) is 4.08. The summed E-state index contributed by atoms with van der Waals surface area (Å²) in [6.45, 7) is 0.356. The molecule has 0 spiro atoms. The van der Waals surface area contributed by atoms with Crippen LogP contribution in [0.1, 0.15) is 21.5 Å². The largest absolute Gasteiger partial charge is 0.487 e. The second-order valence-electron chi connectivity index (χ2n) is 7.33. The molecule has 0 bridgehead atoms. The molecule has 1 N–H and O–H groups in total. The van der Waals surface area contributed by atoms with E-state index in [1.807, 2.05) is 84.0 Å². The fourth-order valence-electron chi connectivity index (χ4n) is 3.24. The fraction of sp³-hybridized carbons (Fsp3) is 0.0370. The highest BCUT2D eigenvalue weighted by Crippen LogP contribution is 2.30. The van der Waals surface area contributed by atoms with Gasteiger partial charge in [0, 0.05) is 0 Å². The highest BCUT2D eigenvalue weighted by molar-refractivity contribution is 14.1. The number of nitrogens with zero attached hydrogens (tertiary/aromatic N) is 2. The van der Waals surface area contributed by atoms with Gasteiger partial charge in [0.05, 0.1) is 30.3 Å². The number of para-hydroxylation sites is 2. The molecule has 34 heavy (non-hydrogen) atoms. The van der Waals surface area contributed by atoms with Crippen LogP contribution in [0.2, 0.25) is 0 Å². The maximum Gasteiger partial charge on any atom is 0.335 e. The lowest BCUT2D eigenvalue weighted by molar-refractivity contribution is 0.0697. The van der Waals surface area contributed by atoms with Gasteiger partial charge in [0.2, 0.25) is 0 Å². The number of carboxylic acid groups (broad SMARTS) is 1. The highest BCUT2D eigenvalue weighted by Gasteiger charge is 2.11. The summed E-state index contributed by atoms with van der Waals surface area (Å²) in [6.07, 6.45) is 1.85. The number of rotatable bonds is 8. The van der Waals surface area contributed by atoms with Gasteiger partial charge in [-0.2, -0.15) is 5.10 Å². The van der Waals surface area contributed by atoms with E-state index in [1.54, 1.807) is 24.3 Å². The number of anilines is 2. The number of hydrogen-bond acceptors (Lipinski definition) is 4. The number of carboxylic acids is 1. The predicted molar refractivity (Wildman–Crippen MR) is 152 cm³/mol. The van der Waals surface area contributed by atoms with Gasteiger partial charge in [0.15, 0.2) is 0 Å². The van der Waals surface area contributed by atoms with E-state index < -0.39 is 5.97 Å². The van der Waals surface area contributed by atoms with E-state index >= 15 is 0 Å². The Morgan fingerprint density at radius 3 is 1.88 bits per heavy atom. The lowest BCUT2D eigenvalue weighted by Gasteiger charge is -2.19. The predicted octanol–water partition coefficient (Wildman–Crippen LogP) is 7.35. The van der Waals surface area contributed by atoms with E-state index in [0.29, 0.717) is 6.61 Å². The Kier molecular flexibility index (Phi) is 8.17. The van der Waals surface area contributed by atoms with Crippen molar-refractivity contribution in [2.45, 2.75) is 6.61 Å². The van der Waals surface area contributed by atoms with Gasteiger partial charge >= 0.3 is 5.97 Å². The zero-order chi connectivity index (χ0) is 23.9. The van der Waals surface area contributed by atoms with Gasteiger partial charge < -0.3 is 9.84 Å². The van der Waals surface area contributed by atoms with Crippen LogP contribution in [0.25, 0.3) is 0 Å². The molecule has 0 amide bonds. The quantitative estimate of drug-likeness (QED) is 0.121. The van der Waals surface area contributed by atoms with Gasteiger partial charge in [-0.3, -0.25) is 0 Å². The zero-order valence-electron chi connectivity index (χ0n) is 17.9. The van der Waals surface area contributed by atoms with Crippen LogP contribution in [0.3, 0.4) is 0 Å². The van der Waals surface area contributed by atoms with Gasteiger partial charge in [0.1, 0.15) is 12.4 Å². The molecule has 0 atom stereocenters. The minimum absolute atomic E-state index is 0.261. The monoisotopic (exact) mass is 674 g/mol. The van der Waals surface area contributed by atoms with Crippen LogP contribution >= 0.6 is 45.2 Å². The number of halogens is 2. The van der Waals surface area contributed by atoms with Crippen molar-refractivity contribution in [3.63, 3.8) is 0 Å². The van der Waals surface area contributed by atoms with Crippen LogP contribution in [0.4, 0.5) is 11.4 Å². The molecule has 5 nitrogen and oxygen atoms in total. The lowest BCUT2D eigenvalue weighted by atomic mass is 10.1. The third-order valence-electron chi connectivity index (χ3n) is 4.93. The van der Waals surface area contributed by atoms with Gasteiger partial charge in [0.25, 0.3) is 0 Å². The molecule has 0 unspecified atom stereocenters. The normalized spacial score (nSPS) is 10.9. The minimum Gasteiger partial charge on any atom is -0.487 e. The molecule has 0 aliphatic heterocycles. The molecule has 4 rings (SSSR count). The van der Waals surface area contributed by atoms with Crippen molar-refractivity contribution >= 4 is 68.7 Å². The van der Waals surface area contributed by atoms with E-state index in [-0.39, 0.29) is 5.56 Å². The first-order chi connectivity index (χ1) is 16.5. The summed E-state index contributed by atoms with van der Waals surface area (Å²) in [5, 5.41) is 15.7. The van der Waals surface area contributed by atoms with Crippen molar-refractivity contribution < 1.29 is 14.6 Å². The molecule has 0 saturated carbocycles. The van der Waals surface area contributed by atoms with Gasteiger partial charge in [-0.25, -0.2) is 9.80 Å². The molecule has 0 heterocycles. The van der Waals surface area contributed by atoms with Crippen LogP contribution in [0.15, 0.2) is 102 Å². The van der Waals surface area contributed by atoms with Crippen molar-refractivity contribution in [2.24, 2.45) is 5.10 Å². The second-order valence-corrected chi connectivity index (χ2v) is 9.66. The number of hydrazone groups is 1. The average molecular weight is 674 g/mol. The van der Waals surface area contributed by atoms with E-state index in [1.165, 1.54) is 0 Å². The van der Waals surface area contributed by atoms with Crippen molar-refractivity contribution in [3.05, 3.63) is 121 Å². The summed E-state index contributed by atoms with van der Waals surface area (Å²) in [6, 6.07) is 30.8. The average Bonchev–Trinajstić information content (AvgIpc) is 2.85. The topological polar surface area (TPSA) is 62.1 Å². The molecule has 0 aliphatic rings. The Labute approximate surface area is 225 Å². The Balaban J connectivity index is 1.53. The number of ether oxygens (including phenoxy) is 1. The third kappa shape index (κ3) is 6.15. The third-order valence-corrected chi connectivity index (χ3v) is 6.53. The summed E-state index contributed by atoms with van der Waals surface area (Å²) in [4.78, 5) is 11.0. The van der Waals surface area contributed by atoms with Crippen LogP contribution < -0.4 is 9.75 Å². The van der Waals surface area contributed by atoms with Crippen molar-refractivity contribution in [1.82, 2.24) is 0 Å². The van der Waals surface area contributed by atoms with E-state index in [0.717, 1.165) is 35.4 Å². The smallest absolute Gasteiger partial charge is 0.335 e. The maximum atomic E-state index is 11.0. The first-order valence-corrected chi connectivity index (χ1v) is 12.6. The molecule has 0 fully saturated rings. The van der Waals surface area contributed by atoms with E-state index in [4.69, 9.17) is 14.9 Å². The number of hydrogen-bond donors (Lipinski definition) is 1. The number of benzene rings is 4. The first kappa shape index (κ1) is 24.2. The minimum atomic E-state index is -0.938. The van der Waals surface area contributed by atoms with Crippen molar-refractivity contribution in [2.75, 3.05) is 5.01 Å². The number of carbonyl (C=O) groups is 1. The van der Waals surface area contributed by atoms with Crippen LogP contribution in [-0.4, -0.2) is 17.3 Å². The summed E-state index contributed by atoms with van der Waals surface area (Å²) < 4.78 is 8.00. The van der Waals surface area contributed by atoms with Crippen LogP contribution in [-0.2, 0) is 6.61 Å². The summed E-state index contributed by atoms with van der Waals surface area (Å²) in [5.74, 6) is -0.143. The molecule has 0 saturated heterocycles. The van der Waals surface area contributed by atoms with Crippen molar-refractivity contribution in [3.8, 4) is 5.75 Å². The Bertz CT molecular complexity index is 1230. The maximum absolute atomic E-state index is 11.0. The Morgan fingerprint density at radius 1 is 0.853 bits per heavy atom. The molecule has 4 aromatic carbocycles.